The molecule has 1 aromatic rings. The van der Waals surface area contributed by atoms with E-state index in [0.29, 0.717) is 90.6 Å². The Morgan fingerprint density at radius 2 is 0.969 bits per heavy atom. The molecule has 0 spiro atoms. The van der Waals surface area contributed by atoms with Gasteiger partial charge in [0.25, 0.3) is 0 Å². The van der Waals surface area contributed by atoms with E-state index in [2.05, 4.69) is 4.90 Å². The number of aldehydes is 1. The van der Waals surface area contributed by atoms with Crippen LogP contribution < -0.4 is 4.74 Å². The van der Waals surface area contributed by atoms with Crippen LogP contribution in [0.4, 0.5) is 0 Å². The van der Waals surface area contributed by atoms with Gasteiger partial charge < -0.3 is 38.1 Å². The quantitative estimate of drug-likeness (QED) is 0.179. The van der Waals surface area contributed by atoms with Crippen molar-refractivity contribution in [3.8, 4) is 5.75 Å². The maximum absolute atomic E-state index is 10.6. The molecule has 0 fully saturated rings. The molecule has 0 atom stereocenters. The van der Waals surface area contributed by atoms with Crippen molar-refractivity contribution in [3.05, 3.63) is 29.8 Å². The van der Waals surface area contributed by atoms with Gasteiger partial charge in [-0.3, -0.25) is 4.79 Å². The van der Waals surface area contributed by atoms with Gasteiger partial charge in [-0.15, -0.1) is 0 Å². The van der Waals surface area contributed by atoms with Crippen LogP contribution in [0.5, 0.6) is 5.75 Å². The molecule has 0 aliphatic heterocycles. The van der Waals surface area contributed by atoms with Gasteiger partial charge in [0, 0.05) is 12.1 Å². The van der Waals surface area contributed by atoms with E-state index >= 15 is 0 Å². The Balaban J connectivity index is 1.71. The molecule has 9 nitrogen and oxygen atoms in total. The third kappa shape index (κ3) is 18.0. The number of benzene rings is 1. The first-order valence-corrected chi connectivity index (χ1v) is 11.0. The Hall–Kier alpha value is -1.59. The molecule has 0 saturated heterocycles. The molecule has 0 amide bonds. The van der Waals surface area contributed by atoms with E-state index < -0.39 is 0 Å². The second-order valence-electron chi connectivity index (χ2n) is 7.01. The fraction of sp³-hybridized carbons (Fsp3) is 0.696. The highest BCUT2D eigenvalue weighted by molar-refractivity contribution is 5.74. The van der Waals surface area contributed by atoms with Crippen molar-refractivity contribution in [2.24, 2.45) is 0 Å². The zero-order valence-corrected chi connectivity index (χ0v) is 19.5. The van der Waals surface area contributed by atoms with Gasteiger partial charge in [-0.05, 0) is 38.4 Å². The zero-order valence-electron chi connectivity index (χ0n) is 19.5. The van der Waals surface area contributed by atoms with Crippen LogP contribution in [-0.2, 0) is 28.4 Å². The summed E-state index contributed by atoms with van der Waals surface area (Å²) in [5.74, 6) is 0.713. The summed E-state index contributed by atoms with van der Waals surface area (Å²) < 4.78 is 38.1. The van der Waals surface area contributed by atoms with Crippen molar-refractivity contribution in [1.82, 2.24) is 4.90 Å². The van der Waals surface area contributed by atoms with Crippen LogP contribution in [0.3, 0.4) is 0 Å². The predicted molar refractivity (Wildman–Crippen MR) is 121 cm³/mol. The lowest BCUT2D eigenvalue weighted by atomic mass is 10.2. The van der Waals surface area contributed by atoms with Crippen LogP contribution in [0.15, 0.2) is 24.3 Å². The lowest BCUT2D eigenvalue weighted by Gasteiger charge is -2.10. The maximum atomic E-state index is 10.6. The van der Waals surface area contributed by atoms with E-state index in [1.54, 1.807) is 24.3 Å². The Morgan fingerprint density at radius 1 is 0.594 bits per heavy atom. The molecular weight excluding hydrogens is 418 g/mol. The third-order valence-corrected chi connectivity index (χ3v) is 4.06. The molecule has 0 aliphatic rings. The first-order chi connectivity index (χ1) is 15.7. The van der Waals surface area contributed by atoms with Crippen LogP contribution in [0.25, 0.3) is 0 Å². The number of carbonyl (C=O) groups excluding carboxylic acids is 1. The molecule has 0 saturated carbocycles. The largest absolute Gasteiger partial charge is 0.491 e. The van der Waals surface area contributed by atoms with Gasteiger partial charge in [-0.25, -0.2) is 0 Å². The van der Waals surface area contributed by atoms with E-state index in [4.69, 9.17) is 33.2 Å². The molecule has 32 heavy (non-hydrogen) atoms. The first kappa shape index (κ1) is 28.4. The first-order valence-electron chi connectivity index (χ1n) is 11.0. The minimum atomic E-state index is 0.444. The van der Waals surface area contributed by atoms with Crippen molar-refractivity contribution >= 4 is 6.29 Å². The summed E-state index contributed by atoms with van der Waals surface area (Å²) in [5, 5.41) is 0. The number of ether oxygens (including phenoxy) is 7. The van der Waals surface area contributed by atoms with Crippen LogP contribution in [0, 0.1) is 0 Å². The molecule has 0 heterocycles. The van der Waals surface area contributed by atoms with Gasteiger partial charge in [0.15, 0.2) is 0 Å². The summed E-state index contributed by atoms with van der Waals surface area (Å²) >= 11 is 0. The summed E-state index contributed by atoms with van der Waals surface area (Å²) in [6.45, 7) is 7.92. The fourth-order valence-electron chi connectivity index (χ4n) is 2.31. The van der Waals surface area contributed by atoms with Gasteiger partial charge in [0.05, 0.1) is 79.3 Å². The van der Waals surface area contributed by atoms with Crippen LogP contribution in [0.1, 0.15) is 10.4 Å². The number of rotatable bonds is 23. The van der Waals surface area contributed by atoms with Gasteiger partial charge in [0.2, 0.25) is 0 Å². The van der Waals surface area contributed by atoms with Crippen molar-refractivity contribution in [1.29, 1.82) is 0 Å². The molecule has 184 valence electrons. The number of carbonyl (C=O) groups is 1. The summed E-state index contributed by atoms with van der Waals surface area (Å²) in [4.78, 5) is 12.7. The van der Waals surface area contributed by atoms with Gasteiger partial charge in [0.1, 0.15) is 18.6 Å². The highest BCUT2D eigenvalue weighted by Gasteiger charge is 1.97. The third-order valence-electron chi connectivity index (χ3n) is 4.06. The topological polar surface area (TPSA) is 84.9 Å². The van der Waals surface area contributed by atoms with E-state index in [1.807, 2.05) is 14.1 Å². The van der Waals surface area contributed by atoms with Crippen molar-refractivity contribution in [2.75, 3.05) is 107 Å². The molecule has 1 rings (SSSR count). The molecule has 0 N–H and O–H groups in total. The van der Waals surface area contributed by atoms with Gasteiger partial charge in [-0.2, -0.15) is 0 Å². The lowest BCUT2D eigenvalue weighted by Crippen LogP contribution is -2.19. The Labute approximate surface area is 191 Å². The van der Waals surface area contributed by atoms with Crippen LogP contribution in [-0.4, -0.2) is 118 Å². The highest BCUT2D eigenvalue weighted by Crippen LogP contribution is 2.10. The van der Waals surface area contributed by atoms with Crippen molar-refractivity contribution in [2.45, 2.75) is 0 Å². The number of likely N-dealkylation sites (N-methyl/N-ethyl adjacent to an activating group) is 1. The van der Waals surface area contributed by atoms with E-state index in [-0.39, 0.29) is 0 Å². The summed E-state index contributed by atoms with van der Waals surface area (Å²) in [5.41, 5.74) is 0.625. The van der Waals surface area contributed by atoms with E-state index in [9.17, 15) is 4.79 Å². The number of nitrogens with zero attached hydrogens (tertiary/aromatic N) is 1. The highest BCUT2D eigenvalue weighted by atomic mass is 16.6. The second kappa shape index (κ2) is 21.3. The molecular formula is C23H39NO8. The lowest BCUT2D eigenvalue weighted by molar-refractivity contribution is -0.0181. The van der Waals surface area contributed by atoms with Crippen molar-refractivity contribution in [3.63, 3.8) is 0 Å². The SMILES string of the molecule is CN(C)CCOCCOCCOCCOCCOCCOCCOc1ccc(C=O)cc1. The predicted octanol–water partition coefficient (Wildman–Crippen LogP) is 1.54. The number of hydrogen-bond acceptors (Lipinski definition) is 9. The minimum Gasteiger partial charge on any atom is -0.491 e. The fourth-order valence-corrected chi connectivity index (χ4v) is 2.31. The molecule has 0 aromatic heterocycles. The normalized spacial score (nSPS) is 11.2. The van der Waals surface area contributed by atoms with Crippen molar-refractivity contribution < 1.29 is 38.0 Å². The molecule has 0 radical (unpaired) electrons. The average Bonchev–Trinajstić information content (AvgIpc) is 2.80. The van der Waals surface area contributed by atoms with Crippen LogP contribution in [0.2, 0.25) is 0 Å². The average molecular weight is 458 g/mol. The van der Waals surface area contributed by atoms with Gasteiger partial charge >= 0.3 is 0 Å². The summed E-state index contributed by atoms with van der Waals surface area (Å²) in [6.07, 6.45) is 0.801. The molecule has 0 bridgehead atoms. The second-order valence-corrected chi connectivity index (χ2v) is 7.01. The Morgan fingerprint density at radius 3 is 1.34 bits per heavy atom. The van der Waals surface area contributed by atoms with E-state index in [1.165, 1.54) is 0 Å². The van der Waals surface area contributed by atoms with Gasteiger partial charge in [-0.1, -0.05) is 0 Å². The van der Waals surface area contributed by atoms with Crippen LogP contribution >= 0.6 is 0 Å². The summed E-state index contributed by atoms with van der Waals surface area (Å²) in [7, 11) is 4.04. The minimum absolute atomic E-state index is 0.444. The Kier molecular flexibility index (Phi) is 18.9. The van der Waals surface area contributed by atoms with E-state index in [0.717, 1.165) is 19.4 Å². The molecule has 9 heteroatoms. The summed E-state index contributed by atoms with van der Waals surface area (Å²) in [6, 6.07) is 6.95. The zero-order chi connectivity index (χ0) is 23.1. The monoisotopic (exact) mass is 457 g/mol. The standard InChI is InChI=1S/C23H39NO8/c1-24(2)7-8-26-9-10-27-11-12-28-13-14-29-15-16-30-17-18-31-19-20-32-23-5-3-22(21-25)4-6-23/h3-6,21H,7-20H2,1-2H3. The number of hydrogen-bond donors (Lipinski definition) is 0. The maximum Gasteiger partial charge on any atom is 0.150 e. The molecule has 1 aromatic carbocycles. The molecule has 0 unspecified atom stereocenters. The smallest absolute Gasteiger partial charge is 0.150 e. The Bertz CT molecular complexity index is 541. The molecule has 0 aliphatic carbocycles.